The number of nitrogens with zero attached hydrogens (tertiary/aromatic N) is 1. The average Bonchev–Trinajstić information content (AvgIpc) is 2.93. The Morgan fingerprint density at radius 2 is 0.714 bits per heavy atom. The first-order valence-corrected chi connectivity index (χ1v) is 29.2. The zero-order chi connectivity index (χ0) is 56.8. The first kappa shape index (κ1) is 53.1. The van der Waals surface area contributed by atoms with Crippen LogP contribution in [0.25, 0.3) is 55.6 Å². The third-order valence-electron chi connectivity index (χ3n) is 16.7. The number of rotatable bonds is 7. The van der Waals surface area contributed by atoms with Crippen LogP contribution >= 0.6 is 0 Å². The molecule has 1 atom stereocenters. The fourth-order valence-electron chi connectivity index (χ4n) is 12.5. The first-order valence-electron chi connectivity index (χ1n) is 29.2. The van der Waals surface area contributed by atoms with Gasteiger partial charge in [0.1, 0.15) is 11.5 Å². The highest BCUT2D eigenvalue weighted by atomic mass is 16.5. The molecular formula is C82H65NO. The quantitative estimate of drug-likeness (QED) is 0.158. The second-order valence-electron chi connectivity index (χ2n) is 22.1. The summed E-state index contributed by atoms with van der Waals surface area (Å²) in [6.45, 7) is 6.40. The highest BCUT2D eigenvalue weighted by Crippen LogP contribution is 2.61. The Balaban J connectivity index is 0.000000206. The van der Waals surface area contributed by atoms with Gasteiger partial charge in [0.05, 0.1) is 5.41 Å². The van der Waals surface area contributed by atoms with E-state index in [1.54, 1.807) is 0 Å². The molecule has 3 aliphatic rings. The van der Waals surface area contributed by atoms with E-state index in [0.29, 0.717) is 5.92 Å². The van der Waals surface area contributed by atoms with Gasteiger partial charge in [0.15, 0.2) is 0 Å². The van der Waals surface area contributed by atoms with Crippen molar-refractivity contribution < 1.29 is 4.74 Å². The minimum atomic E-state index is -0.685. The highest BCUT2D eigenvalue weighted by molar-refractivity contribution is 5.94. The van der Waals surface area contributed by atoms with Crippen LogP contribution in [-0.4, -0.2) is 0 Å². The van der Waals surface area contributed by atoms with Crippen molar-refractivity contribution in [3.63, 3.8) is 0 Å². The van der Waals surface area contributed by atoms with Crippen LogP contribution in [0.4, 0.5) is 11.4 Å². The van der Waals surface area contributed by atoms with Gasteiger partial charge in [-0.05, 0) is 142 Å². The monoisotopic (exact) mass is 1080 g/mol. The SMILES string of the molecule is Cc1ccc(-c2ccccc2)cc1.Cc1ccc(-c2ccccc2)cc1.Cc1ccc2c(c1)C1(c3cc(N(C4=CCC(c5ccccc5)C=C4)c4ccc(-c5ccccc5)cc4)ccc3O2)c2ccccc2-c2ccccc2-c2ccccc21. The molecular weight excluding hydrogens is 1010 g/mol. The molecule has 0 amide bonds. The maximum absolute atomic E-state index is 6.97. The van der Waals surface area contributed by atoms with Gasteiger partial charge in [0.25, 0.3) is 0 Å². The number of aryl methyl sites for hydroxylation is 3. The van der Waals surface area contributed by atoms with Gasteiger partial charge in [-0.15, -0.1) is 0 Å². The van der Waals surface area contributed by atoms with Gasteiger partial charge in [-0.25, -0.2) is 0 Å². The summed E-state index contributed by atoms with van der Waals surface area (Å²) in [4.78, 5) is 2.43. The van der Waals surface area contributed by atoms with E-state index in [1.165, 1.54) is 89.0 Å². The van der Waals surface area contributed by atoms with E-state index in [4.69, 9.17) is 4.74 Å². The third kappa shape index (κ3) is 10.5. The summed E-state index contributed by atoms with van der Waals surface area (Å²) in [6.07, 6.45) is 7.99. The molecule has 2 aliphatic carbocycles. The number of benzene rings is 12. The standard InChI is InChI=1S/C56H41NO.2C13H12/c1-38-24-34-54-52(36-38)56(50-22-12-10-20-48(50)46-18-8-9-19-47(46)49-21-11-13-23-51(49)56)53-37-45(33-35-55(53)58-54)57(43-29-25-41(26-30-43)39-14-4-2-5-15-39)44-31-27-42(28-32-44)40-16-6-3-7-17-40;2*1-11-7-9-13(10-8-11)12-5-3-2-4-6-12/h2-27,29-37,42H,28H2,1H3;2*2-10H,1H3. The second-order valence-corrected chi connectivity index (χ2v) is 22.1. The van der Waals surface area contributed by atoms with Crippen molar-refractivity contribution in [3.05, 3.63) is 372 Å². The maximum atomic E-state index is 6.97. The van der Waals surface area contributed by atoms with E-state index < -0.39 is 5.41 Å². The van der Waals surface area contributed by atoms with Gasteiger partial charge in [-0.3, -0.25) is 0 Å². The molecule has 2 heteroatoms. The molecule has 2 nitrogen and oxygen atoms in total. The van der Waals surface area contributed by atoms with Gasteiger partial charge in [-0.1, -0.05) is 296 Å². The number of anilines is 2. The number of hydrogen-bond donors (Lipinski definition) is 0. The Hall–Kier alpha value is -10.3. The smallest absolute Gasteiger partial charge is 0.132 e. The van der Waals surface area contributed by atoms with Crippen LogP contribution in [0.5, 0.6) is 11.5 Å². The minimum Gasteiger partial charge on any atom is -0.457 e. The fraction of sp³-hybridized carbons (Fsp3) is 0.0732. The van der Waals surface area contributed by atoms with Gasteiger partial charge in [0, 0.05) is 34.1 Å². The van der Waals surface area contributed by atoms with E-state index in [-0.39, 0.29) is 0 Å². The number of ether oxygens (including phenoxy) is 1. The average molecular weight is 1080 g/mol. The van der Waals surface area contributed by atoms with Gasteiger partial charge < -0.3 is 9.64 Å². The molecule has 0 fully saturated rings. The molecule has 15 rings (SSSR count). The van der Waals surface area contributed by atoms with E-state index in [2.05, 4.69) is 335 Å². The molecule has 12 aromatic rings. The normalized spacial score (nSPS) is 13.7. The van der Waals surface area contributed by atoms with Crippen LogP contribution in [0.1, 0.15) is 56.8 Å². The summed E-state index contributed by atoms with van der Waals surface area (Å²) in [5.74, 6) is 2.08. The largest absolute Gasteiger partial charge is 0.457 e. The van der Waals surface area contributed by atoms with Crippen molar-refractivity contribution in [1.82, 2.24) is 0 Å². The van der Waals surface area contributed by atoms with Crippen molar-refractivity contribution in [2.45, 2.75) is 38.5 Å². The molecule has 0 N–H and O–H groups in total. The van der Waals surface area contributed by atoms with Gasteiger partial charge in [-0.2, -0.15) is 0 Å². The molecule has 1 unspecified atom stereocenters. The summed E-state index contributed by atoms with van der Waals surface area (Å²) in [6, 6.07) is 109. The van der Waals surface area contributed by atoms with Crippen LogP contribution in [0.3, 0.4) is 0 Å². The molecule has 12 aromatic carbocycles. The van der Waals surface area contributed by atoms with Gasteiger partial charge in [0.2, 0.25) is 0 Å². The lowest BCUT2D eigenvalue weighted by Crippen LogP contribution is -2.35. The van der Waals surface area contributed by atoms with Crippen molar-refractivity contribution in [1.29, 1.82) is 0 Å². The molecule has 0 saturated carbocycles. The first-order chi connectivity index (χ1) is 41.4. The summed E-state index contributed by atoms with van der Waals surface area (Å²) >= 11 is 0. The summed E-state index contributed by atoms with van der Waals surface area (Å²) < 4.78 is 6.97. The molecule has 1 heterocycles. The number of hydrogen-bond acceptors (Lipinski definition) is 2. The lowest BCUT2D eigenvalue weighted by Gasteiger charge is -2.43. The zero-order valence-corrected chi connectivity index (χ0v) is 47.7. The lowest BCUT2D eigenvalue weighted by molar-refractivity contribution is 0.435. The number of allylic oxidation sites excluding steroid dienone is 3. The molecule has 1 spiro atoms. The van der Waals surface area contributed by atoms with Crippen molar-refractivity contribution in [3.8, 4) is 67.1 Å². The van der Waals surface area contributed by atoms with Gasteiger partial charge >= 0.3 is 0 Å². The Kier molecular flexibility index (Phi) is 14.9. The molecule has 84 heavy (non-hydrogen) atoms. The summed E-state index contributed by atoms with van der Waals surface area (Å²) in [5.41, 5.74) is 25.1. The molecule has 0 saturated heterocycles. The topological polar surface area (TPSA) is 12.5 Å². The lowest BCUT2D eigenvalue weighted by atomic mass is 9.62. The summed E-state index contributed by atoms with van der Waals surface area (Å²) in [5, 5.41) is 0. The van der Waals surface area contributed by atoms with Crippen LogP contribution in [0.15, 0.2) is 327 Å². The highest BCUT2D eigenvalue weighted by Gasteiger charge is 2.49. The van der Waals surface area contributed by atoms with Crippen LogP contribution in [-0.2, 0) is 5.41 Å². The van der Waals surface area contributed by atoms with E-state index in [9.17, 15) is 0 Å². The van der Waals surface area contributed by atoms with Crippen molar-refractivity contribution in [2.75, 3.05) is 4.90 Å². The molecule has 0 bridgehead atoms. The predicted molar refractivity (Wildman–Crippen MR) is 352 cm³/mol. The number of fused-ring (bicyclic) bond motifs is 11. The zero-order valence-electron chi connectivity index (χ0n) is 47.7. The van der Waals surface area contributed by atoms with E-state index in [1.807, 2.05) is 12.1 Å². The Bertz CT molecular complexity index is 4150. The molecule has 0 radical (unpaired) electrons. The van der Waals surface area contributed by atoms with E-state index in [0.717, 1.165) is 46.1 Å². The van der Waals surface area contributed by atoms with Crippen molar-refractivity contribution >= 4 is 11.4 Å². The maximum Gasteiger partial charge on any atom is 0.132 e. The van der Waals surface area contributed by atoms with Crippen LogP contribution in [0.2, 0.25) is 0 Å². The second kappa shape index (κ2) is 23.7. The minimum absolute atomic E-state index is 0.327. The summed E-state index contributed by atoms with van der Waals surface area (Å²) in [7, 11) is 0. The Morgan fingerprint density at radius 1 is 0.333 bits per heavy atom. The third-order valence-corrected chi connectivity index (χ3v) is 16.7. The van der Waals surface area contributed by atoms with Crippen LogP contribution < -0.4 is 9.64 Å². The molecule has 1 aliphatic heterocycles. The molecule has 404 valence electrons. The Labute approximate surface area is 495 Å². The van der Waals surface area contributed by atoms with Crippen molar-refractivity contribution in [2.24, 2.45) is 0 Å². The fourth-order valence-corrected chi connectivity index (χ4v) is 12.5. The van der Waals surface area contributed by atoms with E-state index >= 15 is 0 Å². The predicted octanol–water partition coefficient (Wildman–Crippen LogP) is 21.9. The molecule has 0 aromatic heterocycles. The Morgan fingerprint density at radius 3 is 1.19 bits per heavy atom. The van der Waals surface area contributed by atoms with Crippen LogP contribution in [0, 0.1) is 20.8 Å².